The highest BCUT2D eigenvalue weighted by atomic mass is 79.9. The molecule has 0 saturated carbocycles. The molecule has 2 N–H and O–H groups in total. The van der Waals surface area contributed by atoms with Gasteiger partial charge in [0.15, 0.2) is 0 Å². The second kappa shape index (κ2) is 6.41. The Bertz CT molecular complexity index is 620. The van der Waals surface area contributed by atoms with Crippen molar-refractivity contribution in [2.75, 3.05) is 12.3 Å². The van der Waals surface area contributed by atoms with Gasteiger partial charge in [-0.2, -0.15) is 0 Å². The lowest BCUT2D eigenvalue weighted by atomic mass is 10.1. The van der Waals surface area contributed by atoms with Crippen LogP contribution in [0.5, 0.6) is 0 Å². The number of carbonyl (C=O) groups is 1. The second-order valence-corrected chi connectivity index (χ2v) is 6.17. The molecule has 1 heterocycles. The number of ether oxygens (including phenoxy) is 1. The fraction of sp³-hybridized carbons (Fsp3) is 0.267. The molecule has 0 unspecified atom stereocenters. The summed E-state index contributed by atoms with van der Waals surface area (Å²) >= 11 is 4.82. The molecule has 20 heavy (non-hydrogen) atoms. The Labute approximate surface area is 130 Å². The van der Waals surface area contributed by atoms with Crippen LogP contribution in [0.4, 0.5) is 5.69 Å². The first kappa shape index (κ1) is 15.1. The van der Waals surface area contributed by atoms with Crippen LogP contribution in [0, 0.1) is 0 Å². The summed E-state index contributed by atoms with van der Waals surface area (Å²) in [7, 11) is 0. The van der Waals surface area contributed by atoms with Crippen molar-refractivity contribution in [3.8, 4) is 10.4 Å². The molecule has 2 rings (SSSR count). The normalized spacial score (nSPS) is 10.6. The van der Waals surface area contributed by atoms with E-state index < -0.39 is 0 Å². The first-order valence-corrected chi connectivity index (χ1v) is 8.03. The number of esters is 1. The number of rotatable bonds is 4. The van der Waals surface area contributed by atoms with Crippen LogP contribution >= 0.6 is 27.3 Å². The maximum atomic E-state index is 11.9. The van der Waals surface area contributed by atoms with E-state index >= 15 is 0 Å². The molecule has 0 atom stereocenters. The minimum Gasteiger partial charge on any atom is -0.462 e. The third-order valence-corrected chi connectivity index (χ3v) is 4.77. The van der Waals surface area contributed by atoms with Crippen molar-refractivity contribution in [1.82, 2.24) is 0 Å². The molecule has 3 nitrogen and oxygen atoms in total. The molecular weight excluding hydrogens is 338 g/mol. The maximum Gasteiger partial charge on any atom is 0.350 e. The zero-order valence-corrected chi connectivity index (χ0v) is 13.8. The van der Waals surface area contributed by atoms with Gasteiger partial charge in [0.05, 0.1) is 12.3 Å². The predicted molar refractivity (Wildman–Crippen MR) is 87.2 cm³/mol. The number of hydrogen-bond donors (Lipinski definition) is 1. The van der Waals surface area contributed by atoms with Crippen molar-refractivity contribution in [3.05, 3.63) is 39.2 Å². The van der Waals surface area contributed by atoms with E-state index in [0.717, 1.165) is 26.9 Å². The van der Waals surface area contributed by atoms with Gasteiger partial charge in [-0.3, -0.25) is 0 Å². The Morgan fingerprint density at radius 2 is 1.95 bits per heavy atom. The molecule has 0 spiro atoms. The topological polar surface area (TPSA) is 52.3 Å². The molecule has 0 aliphatic carbocycles. The van der Waals surface area contributed by atoms with Gasteiger partial charge < -0.3 is 10.5 Å². The summed E-state index contributed by atoms with van der Waals surface area (Å²) in [5, 5.41) is 0. The Morgan fingerprint density at radius 1 is 1.30 bits per heavy atom. The lowest BCUT2D eigenvalue weighted by Gasteiger charge is -2.03. The Kier molecular flexibility index (Phi) is 4.83. The van der Waals surface area contributed by atoms with E-state index in [1.165, 1.54) is 11.3 Å². The molecule has 106 valence electrons. The van der Waals surface area contributed by atoms with E-state index in [4.69, 9.17) is 10.5 Å². The van der Waals surface area contributed by atoms with Gasteiger partial charge in [0.25, 0.3) is 0 Å². The van der Waals surface area contributed by atoms with Crippen LogP contribution in [-0.2, 0) is 11.2 Å². The summed E-state index contributed by atoms with van der Waals surface area (Å²) in [5.41, 5.74) is 8.74. The minimum atomic E-state index is -0.340. The number of benzene rings is 1. The highest BCUT2D eigenvalue weighted by molar-refractivity contribution is 9.10. The average Bonchev–Trinajstić information content (AvgIpc) is 2.77. The van der Waals surface area contributed by atoms with Gasteiger partial charge in [0.1, 0.15) is 4.88 Å². The van der Waals surface area contributed by atoms with Crippen molar-refractivity contribution in [1.29, 1.82) is 0 Å². The largest absolute Gasteiger partial charge is 0.462 e. The van der Waals surface area contributed by atoms with Crippen molar-refractivity contribution in [2.24, 2.45) is 0 Å². The van der Waals surface area contributed by atoms with Gasteiger partial charge in [-0.1, -0.05) is 35.0 Å². The zero-order valence-electron chi connectivity index (χ0n) is 11.4. The van der Waals surface area contributed by atoms with Crippen molar-refractivity contribution >= 4 is 38.9 Å². The lowest BCUT2D eigenvalue weighted by molar-refractivity contribution is 0.0533. The van der Waals surface area contributed by atoms with Crippen LogP contribution in [0.3, 0.4) is 0 Å². The Morgan fingerprint density at radius 3 is 2.50 bits per heavy atom. The molecule has 0 bridgehead atoms. The molecule has 5 heteroatoms. The average molecular weight is 354 g/mol. The lowest BCUT2D eigenvalue weighted by Crippen LogP contribution is -2.05. The first-order chi connectivity index (χ1) is 9.58. The summed E-state index contributed by atoms with van der Waals surface area (Å²) in [6, 6.07) is 8.00. The molecule has 0 aliphatic heterocycles. The van der Waals surface area contributed by atoms with E-state index in [0.29, 0.717) is 17.2 Å². The molecule has 2 aromatic rings. The summed E-state index contributed by atoms with van der Waals surface area (Å²) in [4.78, 5) is 13.5. The highest BCUT2D eigenvalue weighted by Gasteiger charge is 2.21. The highest BCUT2D eigenvalue weighted by Crippen LogP contribution is 2.39. The predicted octanol–water partition coefficient (Wildman–Crippen LogP) is 4.50. The van der Waals surface area contributed by atoms with Crippen molar-refractivity contribution in [3.63, 3.8) is 0 Å². The van der Waals surface area contributed by atoms with Gasteiger partial charge >= 0.3 is 5.97 Å². The number of halogens is 1. The van der Waals surface area contributed by atoms with Gasteiger partial charge in [0.2, 0.25) is 0 Å². The Balaban J connectivity index is 2.50. The first-order valence-electron chi connectivity index (χ1n) is 6.42. The van der Waals surface area contributed by atoms with E-state index in [-0.39, 0.29) is 5.97 Å². The van der Waals surface area contributed by atoms with Crippen LogP contribution < -0.4 is 5.73 Å². The fourth-order valence-corrected chi connectivity index (χ4v) is 3.49. The molecule has 0 fully saturated rings. The van der Waals surface area contributed by atoms with Crippen molar-refractivity contribution in [2.45, 2.75) is 20.3 Å². The maximum absolute atomic E-state index is 11.9. The molecule has 0 radical (unpaired) electrons. The third kappa shape index (κ3) is 2.88. The smallest absolute Gasteiger partial charge is 0.350 e. The molecule has 0 aliphatic rings. The molecule has 1 aromatic carbocycles. The van der Waals surface area contributed by atoms with Gasteiger partial charge in [0, 0.05) is 9.35 Å². The van der Waals surface area contributed by atoms with E-state index in [1.807, 2.05) is 31.2 Å². The SMILES string of the molecule is CCOC(=O)c1sc(-c2ccc(Br)cc2)c(CC)c1N. The number of anilines is 1. The van der Waals surface area contributed by atoms with Crippen LogP contribution in [0.2, 0.25) is 0 Å². The van der Waals surface area contributed by atoms with E-state index in [1.54, 1.807) is 6.92 Å². The van der Waals surface area contributed by atoms with Crippen LogP contribution in [0.25, 0.3) is 10.4 Å². The van der Waals surface area contributed by atoms with E-state index in [2.05, 4.69) is 15.9 Å². The van der Waals surface area contributed by atoms with Crippen molar-refractivity contribution < 1.29 is 9.53 Å². The monoisotopic (exact) mass is 353 g/mol. The summed E-state index contributed by atoms with van der Waals surface area (Å²) in [6.45, 7) is 4.18. The summed E-state index contributed by atoms with van der Waals surface area (Å²) < 4.78 is 6.08. The van der Waals surface area contributed by atoms with E-state index in [9.17, 15) is 4.79 Å². The number of carbonyl (C=O) groups excluding carboxylic acids is 1. The number of hydrogen-bond acceptors (Lipinski definition) is 4. The fourth-order valence-electron chi connectivity index (χ4n) is 2.01. The zero-order chi connectivity index (χ0) is 14.7. The van der Waals surface area contributed by atoms with Crippen LogP contribution in [0.15, 0.2) is 28.7 Å². The number of thiophene rings is 1. The standard InChI is InChI=1S/C15H16BrNO2S/c1-3-11-12(17)14(15(18)19-4-2)20-13(11)9-5-7-10(16)8-6-9/h5-8H,3-4,17H2,1-2H3. The molecule has 1 aromatic heterocycles. The van der Waals surface area contributed by atoms with Crippen LogP contribution in [-0.4, -0.2) is 12.6 Å². The summed E-state index contributed by atoms with van der Waals surface area (Å²) in [5.74, 6) is -0.340. The minimum absolute atomic E-state index is 0.340. The Hall–Kier alpha value is -1.33. The molecule has 0 saturated heterocycles. The van der Waals surface area contributed by atoms with Gasteiger partial charge in [-0.05, 0) is 36.6 Å². The third-order valence-electron chi connectivity index (χ3n) is 2.97. The quantitative estimate of drug-likeness (QED) is 0.823. The van der Waals surface area contributed by atoms with Gasteiger partial charge in [-0.15, -0.1) is 11.3 Å². The number of nitrogens with two attached hydrogens (primary N) is 1. The number of nitrogen functional groups attached to an aromatic ring is 1. The summed E-state index contributed by atoms with van der Waals surface area (Å²) in [6.07, 6.45) is 0.785. The molecule has 0 amide bonds. The van der Waals surface area contributed by atoms with Gasteiger partial charge in [-0.25, -0.2) is 4.79 Å². The molecular formula is C15H16BrNO2S. The second-order valence-electron chi connectivity index (χ2n) is 4.23. The van der Waals surface area contributed by atoms with Crippen LogP contribution in [0.1, 0.15) is 29.1 Å².